The van der Waals surface area contributed by atoms with E-state index >= 15 is 0 Å². The molecule has 0 aromatic rings. The van der Waals surface area contributed by atoms with E-state index in [9.17, 15) is 0 Å². The van der Waals surface area contributed by atoms with Gasteiger partial charge in [0.1, 0.15) is 0 Å². The smallest absolute Gasteiger partial charge is 0.0518 e. The topological polar surface area (TPSA) is 9.23 Å². The van der Waals surface area contributed by atoms with Crippen molar-refractivity contribution >= 4 is 0 Å². The second-order valence-electron chi connectivity index (χ2n) is 8.64. The van der Waals surface area contributed by atoms with Crippen LogP contribution in [0.2, 0.25) is 0 Å². The van der Waals surface area contributed by atoms with Crippen molar-refractivity contribution in [1.82, 2.24) is 0 Å². The zero-order valence-electron chi connectivity index (χ0n) is 16.2. The summed E-state index contributed by atoms with van der Waals surface area (Å²) >= 11 is 0. The predicted molar refractivity (Wildman–Crippen MR) is 100 cm³/mol. The third-order valence-electron chi connectivity index (χ3n) is 6.71. The largest absolute Gasteiger partial charge is 0.384 e. The third-order valence-corrected chi connectivity index (χ3v) is 6.71. The molecule has 0 radical (unpaired) electrons. The van der Waals surface area contributed by atoms with Gasteiger partial charge in [0.15, 0.2) is 0 Å². The van der Waals surface area contributed by atoms with Gasteiger partial charge in [0, 0.05) is 7.11 Å². The van der Waals surface area contributed by atoms with Crippen LogP contribution in [0.15, 0.2) is 35.5 Å². The van der Waals surface area contributed by atoms with Gasteiger partial charge in [-0.05, 0) is 66.4 Å². The van der Waals surface area contributed by atoms with E-state index < -0.39 is 0 Å². The summed E-state index contributed by atoms with van der Waals surface area (Å²) in [6.07, 6.45) is 11.0. The quantitative estimate of drug-likeness (QED) is 0.576. The second kappa shape index (κ2) is 6.97. The lowest BCUT2D eigenvalue weighted by molar-refractivity contribution is -0.0476. The highest BCUT2D eigenvalue weighted by Crippen LogP contribution is 2.60. The Kier molecular flexibility index (Phi) is 5.61. The van der Waals surface area contributed by atoms with Crippen LogP contribution < -0.4 is 0 Å². The van der Waals surface area contributed by atoms with Crippen LogP contribution in [-0.2, 0) is 4.74 Å². The molecule has 2 rings (SSSR count). The van der Waals surface area contributed by atoms with E-state index in [1.165, 1.54) is 48.8 Å². The number of fused-ring (bicyclic) bond motifs is 1. The summed E-state index contributed by atoms with van der Waals surface area (Å²) in [5.41, 5.74) is 5.09. The van der Waals surface area contributed by atoms with Crippen LogP contribution in [0, 0.1) is 22.7 Å². The Morgan fingerprint density at radius 1 is 1.35 bits per heavy atom. The molecule has 0 spiro atoms. The maximum atomic E-state index is 5.62. The van der Waals surface area contributed by atoms with Crippen molar-refractivity contribution < 1.29 is 4.74 Å². The number of hydrogen-bond donors (Lipinski definition) is 0. The summed E-state index contributed by atoms with van der Waals surface area (Å²) < 4.78 is 5.62. The minimum Gasteiger partial charge on any atom is -0.384 e. The van der Waals surface area contributed by atoms with E-state index in [2.05, 4.69) is 53.3 Å². The van der Waals surface area contributed by atoms with Crippen LogP contribution in [0.3, 0.4) is 0 Å². The number of methoxy groups -OCH3 is 1. The van der Waals surface area contributed by atoms with Crippen LogP contribution in [0.25, 0.3) is 0 Å². The minimum absolute atomic E-state index is 0.259. The first-order valence-electron chi connectivity index (χ1n) is 9.31. The molecule has 2 aliphatic carbocycles. The lowest BCUT2D eigenvalue weighted by atomic mass is 9.50. The molecule has 1 fully saturated rings. The Morgan fingerprint density at radius 3 is 2.61 bits per heavy atom. The summed E-state index contributed by atoms with van der Waals surface area (Å²) in [5, 5.41) is 0. The van der Waals surface area contributed by atoms with E-state index in [0.717, 1.165) is 6.61 Å². The normalized spacial score (nSPS) is 35.4. The Labute approximate surface area is 143 Å². The zero-order valence-corrected chi connectivity index (χ0v) is 16.2. The van der Waals surface area contributed by atoms with E-state index in [-0.39, 0.29) is 5.41 Å². The molecule has 0 aliphatic heterocycles. The van der Waals surface area contributed by atoms with Gasteiger partial charge in [-0.1, -0.05) is 58.4 Å². The van der Waals surface area contributed by atoms with Crippen molar-refractivity contribution in [3.63, 3.8) is 0 Å². The minimum atomic E-state index is 0.259. The second-order valence-corrected chi connectivity index (χ2v) is 8.64. The summed E-state index contributed by atoms with van der Waals surface area (Å²) in [6.45, 7) is 16.8. The van der Waals surface area contributed by atoms with Crippen molar-refractivity contribution in [2.24, 2.45) is 22.7 Å². The van der Waals surface area contributed by atoms with Gasteiger partial charge in [-0.15, -0.1) is 0 Å². The Balaban J connectivity index is 2.46. The number of rotatable bonds is 5. The Bertz CT molecular complexity index is 506. The van der Waals surface area contributed by atoms with Crippen LogP contribution in [-0.4, -0.2) is 13.7 Å². The van der Waals surface area contributed by atoms with E-state index in [4.69, 9.17) is 4.74 Å². The molecule has 0 heterocycles. The van der Waals surface area contributed by atoms with Crippen LogP contribution in [0.4, 0.5) is 0 Å². The van der Waals surface area contributed by atoms with Crippen molar-refractivity contribution in [2.75, 3.05) is 13.7 Å². The first-order valence-corrected chi connectivity index (χ1v) is 9.31. The summed E-state index contributed by atoms with van der Waals surface area (Å²) in [6, 6.07) is 0. The highest BCUT2D eigenvalue weighted by Gasteiger charge is 2.51. The molecule has 0 aromatic heterocycles. The maximum Gasteiger partial charge on any atom is 0.0518 e. The standard InChI is InChI=1S/C22H36O/c1-8-19-18(14-17(4)16(2)3)10-11-20-21(5,15-23-7)12-9-13-22(19,20)6/h8,14,16,20H,1,9-13,15H2,2-7H3/b17-14+. The number of ether oxygens (including phenoxy) is 1. The van der Waals surface area contributed by atoms with Crippen molar-refractivity contribution in [1.29, 1.82) is 0 Å². The average molecular weight is 317 g/mol. The summed E-state index contributed by atoms with van der Waals surface area (Å²) in [7, 11) is 1.85. The molecule has 2 aliphatic rings. The van der Waals surface area contributed by atoms with Crippen LogP contribution in [0.5, 0.6) is 0 Å². The monoisotopic (exact) mass is 316 g/mol. The van der Waals surface area contributed by atoms with Gasteiger partial charge in [0.05, 0.1) is 6.61 Å². The Hall–Kier alpha value is -0.820. The molecule has 0 aromatic carbocycles. The third kappa shape index (κ3) is 3.36. The van der Waals surface area contributed by atoms with E-state index in [1.54, 1.807) is 0 Å². The fourth-order valence-corrected chi connectivity index (χ4v) is 5.23. The molecule has 0 N–H and O–H groups in total. The zero-order chi connectivity index (χ0) is 17.3. The fourth-order valence-electron chi connectivity index (χ4n) is 5.23. The molecule has 1 nitrogen and oxygen atoms in total. The van der Waals surface area contributed by atoms with Crippen LogP contribution >= 0.6 is 0 Å². The van der Waals surface area contributed by atoms with Crippen molar-refractivity contribution in [3.05, 3.63) is 35.5 Å². The molecule has 23 heavy (non-hydrogen) atoms. The van der Waals surface area contributed by atoms with Crippen molar-refractivity contribution in [2.45, 2.75) is 66.7 Å². The molecular formula is C22H36O. The van der Waals surface area contributed by atoms with Crippen LogP contribution in [0.1, 0.15) is 66.7 Å². The average Bonchev–Trinajstić information content (AvgIpc) is 2.46. The molecule has 3 unspecified atom stereocenters. The summed E-state index contributed by atoms with van der Waals surface area (Å²) in [4.78, 5) is 0. The molecule has 130 valence electrons. The lowest BCUT2D eigenvalue weighted by Crippen LogP contribution is -2.48. The highest BCUT2D eigenvalue weighted by molar-refractivity contribution is 5.42. The molecule has 0 amide bonds. The lowest BCUT2D eigenvalue weighted by Gasteiger charge is -2.55. The molecular weight excluding hydrogens is 280 g/mol. The Morgan fingerprint density at radius 2 is 2.04 bits per heavy atom. The molecule has 1 saturated carbocycles. The van der Waals surface area contributed by atoms with Gasteiger partial charge in [0.25, 0.3) is 0 Å². The van der Waals surface area contributed by atoms with Gasteiger partial charge in [-0.3, -0.25) is 0 Å². The van der Waals surface area contributed by atoms with Gasteiger partial charge >= 0.3 is 0 Å². The maximum absolute atomic E-state index is 5.62. The molecule has 3 atom stereocenters. The van der Waals surface area contributed by atoms with E-state index in [0.29, 0.717) is 17.3 Å². The predicted octanol–water partition coefficient (Wildman–Crippen LogP) is 6.32. The van der Waals surface area contributed by atoms with Gasteiger partial charge in [-0.2, -0.15) is 0 Å². The van der Waals surface area contributed by atoms with Gasteiger partial charge in [0.2, 0.25) is 0 Å². The van der Waals surface area contributed by atoms with Gasteiger partial charge < -0.3 is 4.74 Å². The van der Waals surface area contributed by atoms with E-state index in [1.807, 2.05) is 7.11 Å². The molecule has 0 bridgehead atoms. The number of allylic oxidation sites excluding steroid dienone is 5. The van der Waals surface area contributed by atoms with Crippen molar-refractivity contribution in [3.8, 4) is 0 Å². The number of hydrogen-bond acceptors (Lipinski definition) is 1. The first kappa shape index (κ1) is 18.5. The SMILES string of the molecule is C=CC1=C(/C=C(\C)C(C)C)CCC2C(C)(COC)CCCC12C. The molecule has 0 saturated heterocycles. The molecule has 1 heteroatoms. The fraction of sp³-hybridized carbons (Fsp3) is 0.727. The summed E-state index contributed by atoms with van der Waals surface area (Å²) in [5.74, 6) is 1.32. The highest BCUT2D eigenvalue weighted by atomic mass is 16.5. The van der Waals surface area contributed by atoms with Gasteiger partial charge in [-0.25, -0.2) is 0 Å². The first-order chi connectivity index (χ1) is 10.8.